The zero-order valence-electron chi connectivity index (χ0n) is 19.3. The van der Waals surface area contributed by atoms with Gasteiger partial charge in [0.2, 0.25) is 11.8 Å². The second kappa shape index (κ2) is 10.6. The van der Waals surface area contributed by atoms with E-state index >= 15 is 0 Å². The van der Waals surface area contributed by atoms with Crippen LogP contribution in [0.4, 0.5) is 4.79 Å². The zero-order chi connectivity index (χ0) is 24.0. The Morgan fingerprint density at radius 3 is 2.10 bits per heavy atom. The highest BCUT2D eigenvalue weighted by molar-refractivity contribution is 7.80. The number of carbonyl (C=O) groups excluding carboxylic acids is 3. The van der Waals surface area contributed by atoms with Gasteiger partial charge in [-0.2, -0.15) is 12.6 Å². The number of likely N-dealkylation sites (N-methyl/N-ethyl adjacent to an activating group) is 1. The number of hydrogen-bond donors (Lipinski definition) is 3. The molecule has 0 aliphatic rings. The first-order valence-corrected chi connectivity index (χ1v) is 10.6. The topological polar surface area (TPSA) is 87.7 Å². The van der Waals surface area contributed by atoms with Crippen molar-refractivity contribution in [2.45, 2.75) is 64.8 Å². The van der Waals surface area contributed by atoms with Gasteiger partial charge in [0.15, 0.2) is 0 Å². The molecule has 1 rings (SSSR count). The van der Waals surface area contributed by atoms with Crippen LogP contribution in [0.15, 0.2) is 24.3 Å². The first-order valence-electron chi connectivity index (χ1n) is 9.94. The quantitative estimate of drug-likeness (QED) is 0.462. The first kappa shape index (κ1) is 26.4. The Labute approximate surface area is 190 Å². The molecular formula is C23H33N3O4S. The monoisotopic (exact) mass is 447 g/mol. The Morgan fingerprint density at radius 2 is 1.68 bits per heavy atom. The molecule has 3 amide bonds. The summed E-state index contributed by atoms with van der Waals surface area (Å²) >= 11 is 4.20. The molecule has 2 unspecified atom stereocenters. The molecule has 0 aromatic heterocycles. The molecule has 8 heteroatoms. The predicted molar refractivity (Wildman–Crippen MR) is 125 cm³/mol. The van der Waals surface area contributed by atoms with Crippen molar-refractivity contribution in [3.63, 3.8) is 0 Å². The number of ether oxygens (including phenoxy) is 1. The molecule has 0 saturated carbocycles. The fourth-order valence-electron chi connectivity index (χ4n) is 2.76. The van der Waals surface area contributed by atoms with Crippen LogP contribution in [-0.2, 0) is 14.3 Å². The van der Waals surface area contributed by atoms with E-state index in [1.165, 1.54) is 11.9 Å². The lowest BCUT2D eigenvalue weighted by atomic mass is 10.0. The Morgan fingerprint density at radius 1 is 1.13 bits per heavy atom. The van der Waals surface area contributed by atoms with Crippen LogP contribution in [0.2, 0.25) is 0 Å². The number of benzene rings is 1. The van der Waals surface area contributed by atoms with Crippen molar-refractivity contribution in [1.82, 2.24) is 15.5 Å². The molecule has 0 bridgehead atoms. The molecule has 0 aliphatic carbocycles. The van der Waals surface area contributed by atoms with Crippen LogP contribution in [0.1, 0.15) is 58.7 Å². The van der Waals surface area contributed by atoms with E-state index in [-0.39, 0.29) is 11.7 Å². The fourth-order valence-corrected chi connectivity index (χ4v) is 3.01. The summed E-state index contributed by atoms with van der Waals surface area (Å²) < 4.78 is 5.23. The average Bonchev–Trinajstić information content (AvgIpc) is 2.63. The van der Waals surface area contributed by atoms with Gasteiger partial charge in [0.25, 0.3) is 0 Å². The third-order valence-corrected chi connectivity index (χ3v) is 4.41. The number of terminal acetylenes is 1. The summed E-state index contributed by atoms with van der Waals surface area (Å²) in [5, 5.41) is 5.44. The Hall–Kier alpha value is -2.66. The van der Waals surface area contributed by atoms with Gasteiger partial charge >= 0.3 is 6.09 Å². The third kappa shape index (κ3) is 8.54. The lowest BCUT2D eigenvalue weighted by molar-refractivity contribution is -0.141. The minimum atomic E-state index is -0.974. The van der Waals surface area contributed by atoms with Crippen molar-refractivity contribution in [3.8, 4) is 12.3 Å². The summed E-state index contributed by atoms with van der Waals surface area (Å²) in [6.45, 7) is 10.7. The van der Waals surface area contributed by atoms with Crippen LogP contribution in [0, 0.1) is 12.3 Å². The fraction of sp³-hybridized carbons (Fsp3) is 0.522. The highest BCUT2D eigenvalue weighted by Gasteiger charge is 2.34. The van der Waals surface area contributed by atoms with Crippen LogP contribution >= 0.6 is 12.6 Å². The summed E-state index contributed by atoms with van der Waals surface area (Å²) in [6.07, 6.45) is 4.69. The molecule has 31 heavy (non-hydrogen) atoms. The number of nitrogens with one attached hydrogen (secondary N) is 2. The summed E-state index contributed by atoms with van der Waals surface area (Å²) in [6, 6.07) is 4.94. The SMILES string of the molecule is C#Cc1ccc(C(C(=O)NC(C)(C)C)N(C)C(=O)C(CS)NC(=O)OC(C)(C)C)cc1. The van der Waals surface area contributed by atoms with E-state index in [0.717, 1.165) is 0 Å². The average molecular weight is 448 g/mol. The maximum Gasteiger partial charge on any atom is 0.408 e. The van der Waals surface area contributed by atoms with Gasteiger partial charge in [-0.1, -0.05) is 18.1 Å². The van der Waals surface area contributed by atoms with Crippen LogP contribution in [0.3, 0.4) is 0 Å². The maximum atomic E-state index is 13.2. The van der Waals surface area contributed by atoms with Crippen LogP contribution < -0.4 is 10.6 Å². The minimum absolute atomic E-state index is 0.0338. The molecule has 170 valence electrons. The molecular weight excluding hydrogens is 414 g/mol. The Kier molecular flexibility index (Phi) is 9.00. The normalized spacial score (nSPS) is 13.4. The molecule has 1 aromatic carbocycles. The molecule has 0 spiro atoms. The molecule has 2 N–H and O–H groups in total. The highest BCUT2D eigenvalue weighted by Crippen LogP contribution is 2.23. The van der Waals surface area contributed by atoms with Crippen LogP contribution in [-0.4, -0.2) is 52.8 Å². The standard InChI is InChI=1S/C23H33N3O4S/c1-9-15-10-12-16(13-11-15)18(19(27)25-22(2,3)4)26(8)20(28)17(14-31)24-21(29)30-23(5,6)7/h1,10-13,17-18,31H,14H2,2-8H3,(H,24,29)(H,25,27). The van der Waals surface area contributed by atoms with E-state index in [2.05, 4.69) is 29.2 Å². The van der Waals surface area contributed by atoms with Crippen molar-refractivity contribution in [3.05, 3.63) is 35.4 Å². The van der Waals surface area contributed by atoms with E-state index in [1.807, 2.05) is 20.8 Å². The van der Waals surface area contributed by atoms with E-state index in [1.54, 1.807) is 45.0 Å². The minimum Gasteiger partial charge on any atom is -0.444 e. The lowest BCUT2D eigenvalue weighted by Gasteiger charge is -2.33. The second-order valence-electron chi connectivity index (χ2n) is 9.24. The molecule has 2 atom stereocenters. The summed E-state index contributed by atoms with van der Waals surface area (Å²) in [5.41, 5.74) is 0.0309. The number of amides is 3. The maximum absolute atomic E-state index is 13.2. The molecule has 0 aliphatic heterocycles. The molecule has 0 radical (unpaired) electrons. The Bertz CT molecular complexity index is 832. The molecule has 0 heterocycles. The van der Waals surface area contributed by atoms with Gasteiger partial charge in [0, 0.05) is 23.9 Å². The molecule has 7 nitrogen and oxygen atoms in total. The molecule has 0 saturated heterocycles. The summed E-state index contributed by atoms with van der Waals surface area (Å²) in [7, 11) is 1.51. The predicted octanol–water partition coefficient (Wildman–Crippen LogP) is 2.91. The van der Waals surface area contributed by atoms with Gasteiger partial charge in [0.1, 0.15) is 17.7 Å². The summed E-state index contributed by atoms with van der Waals surface area (Å²) in [4.78, 5) is 39.7. The van der Waals surface area contributed by atoms with Gasteiger partial charge < -0.3 is 20.3 Å². The molecule has 1 aromatic rings. The van der Waals surface area contributed by atoms with Crippen molar-refractivity contribution in [1.29, 1.82) is 0 Å². The number of nitrogens with zero attached hydrogens (tertiary/aromatic N) is 1. The zero-order valence-corrected chi connectivity index (χ0v) is 20.2. The number of hydrogen-bond acceptors (Lipinski definition) is 5. The largest absolute Gasteiger partial charge is 0.444 e. The van der Waals surface area contributed by atoms with E-state index in [4.69, 9.17) is 11.2 Å². The van der Waals surface area contributed by atoms with Crippen molar-refractivity contribution in [2.75, 3.05) is 12.8 Å². The highest BCUT2D eigenvalue weighted by atomic mass is 32.1. The van der Waals surface area contributed by atoms with Crippen molar-refractivity contribution >= 4 is 30.5 Å². The number of carbonyl (C=O) groups is 3. The van der Waals surface area contributed by atoms with E-state index in [0.29, 0.717) is 11.1 Å². The van der Waals surface area contributed by atoms with Crippen molar-refractivity contribution in [2.24, 2.45) is 0 Å². The van der Waals surface area contributed by atoms with Gasteiger partial charge in [-0.3, -0.25) is 9.59 Å². The van der Waals surface area contributed by atoms with Gasteiger partial charge in [-0.05, 0) is 59.2 Å². The van der Waals surface area contributed by atoms with E-state index < -0.39 is 35.2 Å². The third-order valence-electron chi connectivity index (χ3n) is 4.05. The van der Waals surface area contributed by atoms with Gasteiger partial charge in [-0.15, -0.1) is 6.42 Å². The van der Waals surface area contributed by atoms with Crippen LogP contribution in [0.25, 0.3) is 0 Å². The second-order valence-corrected chi connectivity index (χ2v) is 9.60. The van der Waals surface area contributed by atoms with E-state index in [9.17, 15) is 14.4 Å². The van der Waals surface area contributed by atoms with Crippen molar-refractivity contribution < 1.29 is 19.1 Å². The Balaban J connectivity index is 3.20. The van der Waals surface area contributed by atoms with Gasteiger partial charge in [-0.25, -0.2) is 4.79 Å². The smallest absolute Gasteiger partial charge is 0.408 e. The lowest BCUT2D eigenvalue weighted by Crippen LogP contribution is -2.54. The number of alkyl carbamates (subject to hydrolysis) is 1. The van der Waals surface area contributed by atoms with Crippen LogP contribution in [0.5, 0.6) is 0 Å². The van der Waals surface area contributed by atoms with Gasteiger partial charge in [0.05, 0.1) is 0 Å². The number of rotatable bonds is 6. The number of thiol groups is 1. The summed E-state index contributed by atoms with van der Waals surface area (Å²) in [5.74, 6) is 1.73. The first-order chi connectivity index (χ1) is 14.2. The molecule has 0 fully saturated rings.